The van der Waals surface area contributed by atoms with Crippen LogP contribution >= 0.6 is 11.6 Å². The maximum atomic E-state index is 11.9. The molecule has 19 heavy (non-hydrogen) atoms. The van der Waals surface area contributed by atoms with E-state index in [4.69, 9.17) is 11.6 Å². The van der Waals surface area contributed by atoms with Crippen molar-refractivity contribution in [3.8, 4) is 0 Å². The summed E-state index contributed by atoms with van der Waals surface area (Å²) >= 11 is 5.99. The van der Waals surface area contributed by atoms with E-state index in [2.05, 4.69) is 10.2 Å². The molecule has 2 atom stereocenters. The molecule has 1 amide bonds. The van der Waals surface area contributed by atoms with Crippen LogP contribution in [0.4, 0.5) is 5.69 Å². The number of aliphatic hydroxyl groups is 1. The predicted octanol–water partition coefficient (Wildman–Crippen LogP) is 1.98. The molecular formula is C14H19ClN2O2. The zero-order chi connectivity index (χ0) is 13.8. The van der Waals surface area contributed by atoms with E-state index in [1.807, 2.05) is 12.1 Å². The number of nitrogens with zero attached hydrogens (tertiary/aromatic N) is 1. The number of amides is 1. The lowest BCUT2D eigenvalue weighted by molar-refractivity contribution is -0.117. The van der Waals surface area contributed by atoms with Crippen LogP contribution in [0.3, 0.4) is 0 Å². The Morgan fingerprint density at radius 3 is 2.95 bits per heavy atom. The second-order valence-corrected chi connectivity index (χ2v) is 5.46. The molecule has 5 heteroatoms. The molecule has 1 aliphatic rings. The highest BCUT2D eigenvalue weighted by atomic mass is 35.5. The molecule has 1 aromatic carbocycles. The number of anilines is 1. The Kier molecular flexibility index (Phi) is 4.80. The highest BCUT2D eigenvalue weighted by Gasteiger charge is 2.27. The number of carbonyl (C=O) groups is 1. The molecule has 0 saturated carbocycles. The molecule has 0 radical (unpaired) electrons. The van der Waals surface area contributed by atoms with E-state index in [0.717, 1.165) is 19.5 Å². The van der Waals surface area contributed by atoms with E-state index in [1.165, 1.54) is 0 Å². The van der Waals surface area contributed by atoms with Gasteiger partial charge in [0.1, 0.15) is 0 Å². The van der Waals surface area contributed by atoms with E-state index in [9.17, 15) is 9.90 Å². The Balaban J connectivity index is 1.84. The fourth-order valence-corrected chi connectivity index (χ4v) is 2.54. The number of para-hydroxylation sites is 1. The first-order valence-corrected chi connectivity index (χ1v) is 6.89. The molecule has 1 aliphatic heterocycles. The summed E-state index contributed by atoms with van der Waals surface area (Å²) in [6.07, 6.45) is 0.633. The zero-order valence-corrected chi connectivity index (χ0v) is 11.7. The molecule has 2 N–H and O–H groups in total. The first-order chi connectivity index (χ1) is 9.06. The number of hydrogen-bond acceptors (Lipinski definition) is 3. The van der Waals surface area contributed by atoms with Gasteiger partial charge >= 0.3 is 0 Å². The summed E-state index contributed by atoms with van der Waals surface area (Å²) < 4.78 is 0. The largest absolute Gasteiger partial charge is 0.393 e. The SMILES string of the molecule is CC(O)C1CCN(CC(=O)Nc2ccccc2Cl)C1. The summed E-state index contributed by atoms with van der Waals surface area (Å²) in [6.45, 7) is 3.77. The number of aliphatic hydroxyl groups excluding tert-OH is 1. The average Bonchev–Trinajstić information content (AvgIpc) is 2.80. The van der Waals surface area contributed by atoms with Crippen molar-refractivity contribution in [2.75, 3.05) is 25.0 Å². The lowest BCUT2D eigenvalue weighted by Crippen LogP contribution is -2.32. The van der Waals surface area contributed by atoms with Crippen molar-refractivity contribution in [1.82, 2.24) is 4.90 Å². The number of likely N-dealkylation sites (tertiary alicyclic amines) is 1. The van der Waals surface area contributed by atoms with Gasteiger partial charge in [0.05, 0.1) is 23.4 Å². The molecule has 0 aromatic heterocycles. The number of rotatable bonds is 4. The molecule has 0 spiro atoms. The van der Waals surface area contributed by atoms with E-state index >= 15 is 0 Å². The van der Waals surface area contributed by atoms with Crippen LogP contribution < -0.4 is 5.32 Å². The average molecular weight is 283 g/mol. The third-order valence-electron chi connectivity index (χ3n) is 3.51. The van der Waals surface area contributed by atoms with E-state index in [-0.39, 0.29) is 17.9 Å². The number of nitrogens with one attached hydrogen (secondary N) is 1. The molecule has 4 nitrogen and oxygen atoms in total. The quantitative estimate of drug-likeness (QED) is 0.888. The van der Waals surface area contributed by atoms with Crippen molar-refractivity contribution in [3.63, 3.8) is 0 Å². The van der Waals surface area contributed by atoms with Gasteiger partial charge in [-0.25, -0.2) is 0 Å². The summed E-state index contributed by atoms with van der Waals surface area (Å²) in [5, 5.41) is 12.9. The smallest absolute Gasteiger partial charge is 0.238 e. The standard InChI is InChI=1S/C14H19ClN2O2/c1-10(18)11-6-7-17(8-11)9-14(19)16-13-5-3-2-4-12(13)15/h2-5,10-11,18H,6-9H2,1H3,(H,16,19). The number of benzene rings is 1. The fraction of sp³-hybridized carbons (Fsp3) is 0.500. The molecule has 104 valence electrons. The Hall–Kier alpha value is -1.10. The van der Waals surface area contributed by atoms with Crippen molar-refractivity contribution >= 4 is 23.2 Å². The molecular weight excluding hydrogens is 264 g/mol. The molecule has 1 fully saturated rings. The van der Waals surface area contributed by atoms with Crippen molar-refractivity contribution in [2.24, 2.45) is 5.92 Å². The van der Waals surface area contributed by atoms with Crippen LogP contribution in [0, 0.1) is 5.92 Å². The lowest BCUT2D eigenvalue weighted by atomic mass is 10.0. The van der Waals surface area contributed by atoms with Gasteiger partial charge in [-0.1, -0.05) is 23.7 Å². The van der Waals surface area contributed by atoms with Crippen molar-refractivity contribution < 1.29 is 9.90 Å². The summed E-state index contributed by atoms with van der Waals surface area (Å²) in [5.41, 5.74) is 0.639. The van der Waals surface area contributed by atoms with Gasteiger partial charge in [-0.3, -0.25) is 9.69 Å². The van der Waals surface area contributed by atoms with Gasteiger partial charge in [0.15, 0.2) is 0 Å². The normalized spacial score (nSPS) is 21.3. The van der Waals surface area contributed by atoms with Gasteiger partial charge < -0.3 is 10.4 Å². The second-order valence-electron chi connectivity index (χ2n) is 5.05. The Morgan fingerprint density at radius 2 is 2.32 bits per heavy atom. The van der Waals surface area contributed by atoms with Gasteiger partial charge in [0, 0.05) is 6.54 Å². The second kappa shape index (κ2) is 6.37. The third kappa shape index (κ3) is 3.93. The Labute approximate surface area is 118 Å². The van der Waals surface area contributed by atoms with E-state index in [1.54, 1.807) is 19.1 Å². The molecule has 1 aromatic rings. The predicted molar refractivity (Wildman–Crippen MR) is 76.3 cm³/mol. The van der Waals surface area contributed by atoms with Gasteiger partial charge in [0.2, 0.25) is 5.91 Å². The summed E-state index contributed by atoms with van der Waals surface area (Å²) in [7, 11) is 0. The van der Waals surface area contributed by atoms with E-state index in [0.29, 0.717) is 17.3 Å². The highest BCUT2D eigenvalue weighted by molar-refractivity contribution is 6.33. The van der Waals surface area contributed by atoms with Crippen LogP contribution in [-0.4, -0.2) is 41.7 Å². The highest BCUT2D eigenvalue weighted by Crippen LogP contribution is 2.21. The summed E-state index contributed by atoms with van der Waals surface area (Å²) in [5.74, 6) is 0.201. The molecule has 0 bridgehead atoms. The van der Waals surface area contributed by atoms with Crippen LogP contribution in [-0.2, 0) is 4.79 Å². The maximum Gasteiger partial charge on any atom is 0.238 e. The van der Waals surface area contributed by atoms with Crippen LogP contribution in [0.5, 0.6) is 0 Å². The maximum absolute atomic E-state index is 11.9. The third-order valence-corrected chi connectivity index (χ3v) is 3.84. The lowest BCUT2D eigenvalue weighted by Gasteiger charge is -2.17. The Bertz CT molecular complexity index is 451. The van der Waals surface area contributed by atoms with Crippen molar-refractivity contribution in [3.05, 3.63) is 29.3 Å². The first kappa shape index (κ1) is 14.3. The molecule has 2 rings (SSSR count). The van der Waals surface area contributed by atoms with Crippen LogP contribution in [0.2, 0.25) is 5.02 Å². The van der Waals surface area contributed by atoms with Crippen LogP contribution in [0.1, 0.15) is 13.3 Å². The van der Waals surface area contributed by atoms with E-state index < -0.39 is 0 Å². The minimum absolute atomic E-state index is 0.0701. The number of hydrogen-bond donors (Lipinski definition) is 2. The van der Waals surface area contributed by atoms with Gasteiger partial charge in [0.25, 0.3) is 0 Å². The molecule has 2 unspecified atom stereocenters. The minimum atomic E-state index is -0.309. The number of carbonyl (C=O) groups excluding carboxylic acids is 1. The van der Waals surface area contributed by atoms with Crippen molar-refractivity contribution in [2.45, 2.75) is 19.4 Å². The van der Waals surface area contributed by atoms with Crippen LogP contribution in [0.25, 0.3) is 0 Å². The first-order valence-electron chi connectivity index (χ1n) is 6.51. The molecule has 1 saturated heterocycles. The fourth-order valence-electron chi connectivity index (χ4n) is 2.36. The minimum Gasteiger partial charge on any atom is -0.393 e. The van der Waals surface area contributed by atoms with Crippen LogP contribution in [0.15, 0.2) is 24.3 Å². The molecule has 0 aliphatic carbocycles. The summed E-state index contributed by atoms with van der Waals surface area (Å²) in [6, 6.07) is 7.19. The summed E-state index contributed by atoms with van der Waals surface area (Å²) in [4.78, 5) is 14.0. The topological polar surface area (TPSA) is 52.6 Å². The van der Waals surface area contributed by atoms with Gasteiger partial charge in [-0.15, -0.1) is 0 Å². The number of halogens is 1. The van der Waals surface area contributed by atoms with Gasteiger partial charge in [-0.2, -0.15) is 0 Å². The Morgan fingerprint density at radius 1 is 1.58 bits per heavy atom. The van der Waals surface area contributed by atoms with Crippen molar-refractivity contribution in [1.29, 1.82) is 0 Å². The zero-order valence-electron chi connectivity index (χ0n) is 11.0. The molecule has 1 heterocycles. The van der Waals surface area contributed by atoms with Gasteiger partial charge in [-0.05, 0) is 37.9 Å². The monoisotopic (exact) mass is 282 g/mol.